The van der Waals surface area contributed by atoms with Gasteiger partial charge in [-0.15, -0.1) is 0 Å². The lowest BCUT2D eigenvalue weighted by atomic mass is 9.84. The van der Waals surface area contributed by atoms with Crippen molar-refractivity contribution in [3.05, 3.63) is 34.9 Å². The molecule has 2 aliphatic rings. The van der Waals surface area contributed by atoms with Crippen molar-refractivity contribution in [1.82, 2.24) is 10.2 Å². The lowest BCUT2D eigenvalue weighted by molar-refractivity contribution is 0.0877. The second kappa shape index (κ2) is 5.73. The van der Waals surface area contributed by atoms with Crippen LogP contribution in [0.25, 0.3) is 0 Å². The van der Waals surface area contributed by atoms with Gasteiger partial charge in [-0.2, -0.15) is 0 Å². The Labute approximate surface area is 129 Å². The van der Waals surface area contributed by atoms with Crippen LogP contribution in [0.1, 0.15) is 50.8 Å². The van der Waals surface area contributed by atoms with Crippen LogP contribution in [0, 0.1) is 5.41 Å². The molecule has 2 nitrogen and oxygen atoms in total. The molecule has 116 valence electrons. The van der Waals surface area contributed by atoms with Crippen LogP contribution in [0.2, 0.25) is 0 Å². The summed E-state index contributed by atoms with van der Waals surface area (Å²) < 4.78 is 0. The third kappa shape index (κ3) is 3.32. The van der Waals surface area contributed by atoms with Gasteiger partial charge in [0.2, 0.25) is 0 Å². The van der Waals surface area contributed by atoms with Gasteiger partial charge >= 0.3 is 0 Å². The fourth-order valence-corrected chi connectivity index (χ4v) is 3.68. The summed E-state index contributed by atoms with van der Waals surface area (Å²) >= 11 is 0. The Balaban J connectivity index is 1.70. The summed E-state index contributed by atoms with van der Waals surface area (Å²) in [4.78, 5) is 2.66. The van der Waals surface area contributed by atoms with E-state index in [1.54, 1.807) is 11.1 Å². The monoisotopic (exact) mass is 286 g/mol. The van der Waals surface area contributed by atoms with Crippen molar-refractivity contribution in [1.29, 1.82) is 0 Å². The zero-order valence-corrected chi connectivity index (χ0v) is 14.1. The Kier molecular flexibility index (Phi) is 4.11. The van der Waals surface area contributed by atoms with Crippen molar-refractivity contribution in [2.24, 2.45) is 5.41 Å². The number of hydrogen-bond acceptors (Lipinski definition) is 2. The van der Waals surface area contributed by atoms with Crippen molar-refractivity contribution < 1.29 is 0 Å². The Morgan fingerprint density at radius 2 is 1.95 bits per heavy atom. The van der Waals surface area contributed by atoms with E-state index in [1.807, 2.05) is 0 Å². The summed E-state index contributed by atoms with van der Waals surface area (Å²) in [5.41, 5.74) is 5.01. The van der Waals surface area contributed by atoms with E-state index in [0.29, 0.717) is 17.5 Å². The van der Waals surface area contributed by atoms with E-state index < -0.39 is 0 Å². The number of fused-ring (bicyclic) bond motifs is 1. The summed E-state index contributed by atoms with van der Waals surface area (Å²) in [5.74, 6) is 0. The number of nitrogens with zero attached hydrogens (tertiary/aromatic N) is 1. The maximum atomic E-state index is 3.72. The predicted octanol–water partition coefficient (Wildman–Crippen LogP) is 3.38. The summed E-state index contributed by atoms with van der Waals surface area (Å²) in [6.45, 7) is 12.7. The lowest BCUT2D eigenvalue weighted by Crippen LogP contribution is -2.59. The maximum absolute atomic E-state index is 3.72. The molecule has 0 spiro atoms. The molecule has 1 aliphatic carbocycles. The van der Waals surface area contributed by atoms with Crippen LogP contribution in [-0.4, -0.2) is 30.1 Å². The van der Waals surface area contributed by atoms with Crippen LogP contribution in [-0.2, 0) is 19.4 Å². The zero-order chi connectivity index (χ0) is 15.0. The average Bonchev–Trinajstić information content (AvgIpc) is 2.87. The van der Waals surface area contributed by atoms with Gasteiger partial charge in [0.15, 0.2) is 0 Å². The largest absolute Gasteiger partial charge is 0.311 e. The highest BCUT2D eigenvalue weighted by Crippen LogP contribution is 2.26. The molecule has 3 rings (SSSR count). The standard InChI is InChI=1S/C19H30N2/c1-14-11-20-18(19(2,3)4)13-21(14)12-15-8-9-16-6-5-7-17(16)10-15/h8-10,14,18,20H,5-7,11-13H2,1-4H3. The molecule has 2 atom stereocenters. The molecule has 1 saturated heterocycles. The SMILES string of the molecule is CC1CNC(C(C)(C)C)CN1Cc1ccc2c(c1)CCC2. The number of hydrogen-bond donors (Lipinski definition) is 1. The van der Waals surface area contributed by atoms with Crippen LogP contribution in [0.3, 0.4) is 0 Å². The molecule has 0 bridgehead atoms. The second-order valence-corrected chi connectivity index (χ2v) is 8.06. The van der Waals surface area contributed by atoms with Gasteiger partial charge in [0, 0.05) is 31.7 Å². The molecule has 1 N–H and O–H groups in total. The zero-order valence-electron chi connectivity index (χ0n) is 14.1. The van der Waals surface area contributed by atoms with Crippen molar-refractivity contribution in [3.63, 3.8) is 0 Å². The number of piperazine rings is 1. The molecule has 1 heterocycles. The van der Waals surface area contributed by atoms with Crippen LogP contribution >= 0.6 is 0 Å². The Morgan fingerprint density at radius 3 is 2.71 bits per heavy atom. The van der Waals surface area contributed by atoms with Gasteiger partial charge < -0.3 is 5.32 Å². The van der Waals surface area contributed by atoms with E-state index >= 15 is 0 Å². The smallest absolute Gasteiger partial charge is 0.0244 e. The molecule has 21 heavy (non-hydrogen) atoms. The van der Waals surface area contributed by atoms with Gasteiger partial charge in [0.1, 0.15) is 0 Å². The molecule has 1 aromatic rings. The first kappa shape index (κ1) is 15.1. The minimum absolute atomic E-state index is 0.330. The summed E-state index contributed by atoms with van der Waals surface area (Å²) in [6, 6.07) is 8.39. The van der Waals surface area contributed by atoms with Gasteiger partial charge in [-0.3, -0.25) is 4.90 Å². The average molecular weight is 286 g/mol. The summed E-state index contributed by atoms with van der Waals surface area (Å²) in [7, 11) is 0. The van der Waals surface area contributed by atoms with Crippen LogP contribution in [0.5, 0.6) is 0 Å². The molecule has 0 radical (unpaired) electrons. The van der Waals surface area contributed by atoms with E-state index in [-0.39, 0.29) is 0 Å². The highest BCUT2D eigenvalue weighted by Gasteiger charge is 2.32. The molecule has 2 unspecified atom stereocenters. The second-order valence-electron chi connectivity index (χ2n) is 8.06. The van der Waals surface area contributed by atoms with E-state index in [1.165, 1.54) is 24.8 Å². The predicted molar refractivity (Wildman–Crippen MR) is 89.6 cm³/mol. The highest BCUT2D eigenvalue weighted by atomic mass is 15.2. The molecular formula is C19H30N2. The molecule has 1 aromatic carbocycles. The molecular weight excluding hydrogens is 256 g/mol. The Bertz CT molecular complexity index is 501. The van der Waals surface area contributed by atoms with Crippen LogP contribution in [0.4, 0.5) is 0 Å². The Hall–Kier alpha value is -0.860. The highest BCUT2D eigenvalue weighted by molar-refractivity contribution is 5.35. The first-order chi connectivity index (χ1) is 9.93. The molecule has 0 amide bonds. The quantitative estimate of drug-likeness (QED) is 0.896. The first-order valence-electron chi connectivity index (χ1n) is 8.51. The van der Waals surface area contributed by atoms with Crippen LogP contribution in [0.15, 0.2) is 18.2 Å². The Morgan fingerprint density at radius 1 is 1.19 bits per heavy atom. The normalized spacial score (nSPS) is 26.9. The fraction of sp³-hybridized carbons (Fsp3) is 0.684. The first-order valence-corrected chi connectivity index (χ1v) is 8.51. The fourth-order valence-electron chi connectivity index (χ4n) is 3.68. The van der Waals surface area contributed by atoms with Gasteiger partial charge in [-0.1, -0.05) is 39.0 Å². The number of rotatable bonds is 2. The number of benzene rings is 1. The van der Waals surface area contributed by atoms with Crippen molar-refractivity contribution >= 4 is 0 Å². The van der Waals surface area contributed by atoms with Gasteiger partial charge in [-0.25, -0.2) is 0 Å². The third-order valence-electron chi connectivity index (χ3n) is 5.29. The molecule has 0 saturated carbocycles. The number of nitrogens with one attached hydrogen (secondary N) is 1. The molecule has 1 aliphatic heterocycles. The van der Waals surface area contributed by atoms with Crippen LogP contribution < -0.4 is 5.32 Å². The van der Waals surface area contributed by atoms with E-state index in [2.05, 4.69) is 56.1 Å². The van der Waals surface area contributed by atoms with Crippen molar-refractivity contribution in [3.8, 4) is 0 Å². The van der Waals surface area contributed by atoms with Crippen molar-refractivity contribution in [2.75, 3.05) is 13.1 Å². The van der Waals surface area contributed by atoms with Crippen molar-refractivity contribution in [2.45, 2.75) is 65.6 Å². The maximum Gasteiger partial charge on any atom is 0.0244 e. The number of aryl methyl sites for hydroxylation is 2. The molecule has 1 fully saturated rings. The van der Waals surface area contributed by atoms with Gasteiger partial charge in [0.25, 0.3) is 0 Å². The lowest BCUT2D eigenvalue weighted by Gasteiger charge is -2.44. The topological polar surface area (TPSA) is 15.3 Å². The summed E-state index contributed by atoms with van der Waals surface area (Å²) in [6.07, 6.45) is 3.91. The van der Waals surface area contributed by atoms with E-state index in [4.69, 9.17) is 0 Å². The summed E-state index contributed by atoms with van der Waals surface area (Å²) in [5, 5.41) is 3.72. The third-order valence-corrected chi connectivity index (χ3v) is 5.29. The molecule has 2 heteroatoms. The molecule has 0 aromatic heterocycles. The minimum Gasteiger partial charge on any atom is -0.311 e. The van der Waals surface area contributed by atoms with Gasteiger partial charge in [-0.05, 0) is 48.3 Å². The minimum atomic E-state index is 0.330. The van der Waals surface area contributed by atoms with Gasteiger partial charge in [0.05, 0.1) is 0 Å². The van der Waals surface area contributed by atoms with E-state index in [9.17, 15) is 0 Å². The van der Waals surface area contributed by atoms with E-state index in [0.717, 1.165) is 19.6 Å².